The van der Waals surface area contributed by atoms with Crippen LogP contribution in [0.2, 0.25) is 0 Å². The van der Waals surface area contributed by atoms with Gasteiger partial charge in [-0.3, -0.25) is 14.4 Å². The summed E-state index contributed by atoms with van der Waals surface area (Å²) in [5.41, 5.74) is 0. The summed E-state index contributed by atoms with van der Waals surface area (Å²) in [7, 11) is 0. The molecule has 0 aromatic carbocycles. The van der Waals surface area contributed by atoms with Crippen LogP contribution >= 0.6 is 0 Å². The minimum absolute atomic E-state index is 0.0630. The van der Waals surface area contributed by atoms with Crippen molar-refractivity contribution in [1.29, 1.82) is 0 Å². The average Bonchev–Trinajstić information content (AvgIpc) is 3.36. The maximum absolute atomic E-state index is 12.9. The van der Waals surface area contributed by atoms with Crippen LogP contribution in [0.3, 0.4) is 0 Å². The van der Waals surface area contributed by atoms with E-state index in [1.807, 2.05) is 0 Å². The summed E-state index contributed by atoms with van der Waals surface area (Å²) in [5.74, 6) is 1.77. The Kier molecular flexibility index (Phi) is 54.9. The van der Waals surface area contributed by atoms with Gasteiger partial charge in [-0.15, -0.1) is 0 Å². The lowest BCUT2D eigenvalue weighted by Crippen LogP contribution is -2.30. The highest BCUT2D eigenvalue weighted by molar-refractivity contribution is 5.71. The van der Waals surface area contributed by atoms with Crippen molar-refractivity contribution in [3.05, 3.63) is 0 Å². The number of unbranched alkanes of at least 4 members (excludes halogenated alkanes) is 39. The molecule has 0 rings (SSSR count). The van der Waals surface area contributed by atoms with Crippen molar-refractivity contribution in [1.82, 2.24) is 0 Å². The van der Waals surface area contributed by atoms with Crippen molar-refractivity contribution in [2.24, 2.45) is 17.8 Å². The number of carbonyl (C=O) groups excluding carboxylic acids is 3. The van der Waals surface area contributed by atoms with Gasteiger partial charge in [0.05, 0.1) is 0 Å². The molecule has 6 heteroatoms. The van der Waals surface area contributed by atoms with Crippen molar-refractivity contribution in [2.45, 2.75) is 369 Å². The second-order valence-electron chi connectivity index (χ2n) is 23.4. The van der Waals surface area contributed by atoms with E-state index in [0.29, 0.717) is 19.3 Å². The molecule has 6 nitrogen and oxygen atoms in total. The molecule has 0 aromatic heterocycles. The van der Waals surface area contributed by atoms with Crippen molar-refractivity contribution in [3.63, 3.8) is 0 Å². The third-order valence-electron chi connectivity index (χ3n) is 15.6. The van der Waals surface area contributed by atoms with Gasteiger partial charge in [0.25, 0.3) is 0 Å². The third kappa shape index (κ3) is 56.0. The predicted molar refractivity (Wildman–Crippen MR) is 307 cm³/mol. The topological polar surface area (TPSA) is 78.9 Å². The Bertz CT molecular complexity index is 1110. The van der Waals surface area contributed by atoms with Gasteiger partial charge in [0.15, 0.2) is 6.10 Å². The van der Waals surface area contributed by atoms with Crippen LogP contribution in [0, 0.1) is 17.8 Å². The van der Waals surface area contributed by atoms with Crippen LogP contribution < -0.4 is 0 Å². The number of ether oxygens (including phenoxy) is 3. The van der Waals surface area contributed by atoms with E-state index < -0.39 is 6.10 Å². The van der Waals surface area contributed by atoms with Gasteiger partial charge >= 0.3 is 17.9 Å². The molecule has 0 aliphatic rings. The SMILES string of the molecule is CCC(C)CCCCCCCCCCCCCCCCCCCCC(=O)O[C@H](COC(=O)CCCCCCCCCCCCCCCCCCC(C)C)COC(=O)CCCCCCCCCCC(C)CC. The van der Waals surface area contributed by atoms with E-state index in [2.05, 4.69) is 41.5 Å². The first-order chi connectivity index (χ1) is 34.7. The number of hydrogen-bond acceptors (Lipinski definition) is 6. The van der Waals surface area contributed by atoms with Gasteiger partial charge in [-0.05, 0) is 37.0 Å². The van der Waals surface area contributed by atoms with E-state index in [9.17, 15) is 14.4 Å². The largest absolute Gasteiger partial charge is 0.462 e. The Morgan fingerprint density at radius 1 is 0.282 bits per heavy atom. The summed E-state index contributed by atoms with van der Waals surface area (Å²) in [4.78, 5) is 38.3. The first-order valence-corrected chi connectivity index (χ1v) is 32.2. The summed E-state index contributed by atoms with van der Waals surface area (Å²) in [6.45, 7) is 13.9. The van der Waals surface area contributed by atoms with Gasteiger partial charge in [-0.2, -0.15) is 0 Å². The molecule has 2 unspecified atom stereocenters. The van der Waals surface area contributed by atoms with E-state index in [4.69, 9.17) is 14.2 Å². The number of carbonyl (C=O) groups is 3. The smallest absolute Gasteiger partial charge is 0.306 e. The summed E-state index contributed by atoms with van der Waals surface area (Å²) in [6.07, 6.45) is 61.0. The summed E-state index contributed by atoms with van der Waals surface area (Å²) in [5, 5.41) is 0. The standard InChI is InChI=1S/C65H126O6/c1-7-60(5)52-46-40-34-28-24-20-16-11-9-10-12-18-22-26-30-38-44-50-56-65(68)71-62(58-70-64(67)55-49-43-37-32-31-35-41-47-53-61(6)8-2)57-69-63(66)54-48-42-36-29-25-21-17-14-13-15-19-23-27-33-39-45-51-59(3)4/h59-62H,7-58H2,1-6H3/t60?,61?,62-/m1/s1. The zero-order valence-corrected chi connectivity index (χ0v) is 49.0. The highest BCUT2D eigenvalue weighted by Gasteiger charge is 2.19. The average molecular weight is 1000 g/mol. The number of esters is 3. The highest BCUT2D eigenvalue weighted by Crippen LogP contribution is 2.20. The lowest BCUT2D eigenvalue weighted by atomic mass is 9.99. The van der Waals surface area contributed by atoms with E-state index in [0.717, 1.165) is 75.5 Å². The Morgan fingerprint density at radius 3 is 0.732 bits per heavy atom. The van der Waals surface area contributed by atoms with Crippen molar-refractivity contribution in [3.8, 4) is 0 Å². The minimum Gasteiger partial charge on any atom is -0.462 e. The maximum Gasteiger partial charge on any atom is 0.306 e. The van der Waals surface area contributed by atoms with Gasteiger partial charge in [0, 0.05) is 19.3 Å². The molecule has 3 atom stereocenters. The van der Waals surface area contributed by atoms with E-state index in [-0.39, 0.29) is 31.1 Å². The molecule has 0 bridgehead atoms. The molecule has 0 spiro atoms. The monoisotopic (exact) mass is 1000 g/mol. The van der Waals surface area contributed by atoms with Gasteiger partial charge in [0.2, 0.25) is 0 Å². The van der Waals surface area contributed by atoms with Crippen molar-refractivity contribution < 1.29 is 28.6 Å². The Morgan fingerprint density at radius 2 is 0.493 bits per heavy atom. The molecule has 0 saturated carbocycles. The highest BCUT2D eigenvalue weighted by atomic mass is 16.6. The molecule has 0 saturated heterocycles. The molecule has 422 valence electrons. The summed E-state index contributed by atoms with van der Waals surface area (Å²) in [6, 6.07) is 0. The quantitative estimate of drug-likeness (QED) is 0.0343. The molecule has 0 N–H and O–H groups in total. The Balaban J connectivity index is 4.24. The lowest BCUT2D eigenvalue weighted by molar-refractivity contribution is -0.167. The molecular weight excluding hydrogens is 877 g/mol. The van der Waals surface area contributed by atoms with Crippen molar-refractivity contribution in [2.75, 3.05) is 13.2 Å². The van der Waals surface area contributed by atoms with Crippen LogP contribution in [-0.2, 0) is 28.6 Å². The zero-order chi connectivity index (χ0) is 51.9. The van der Waals surface area contributed by atoms with Crippen LogP contribution in [0.4, 0.5) is 0 Å². The van der Waals surface area contributed by atoms with Crippen LogP contribution in [0.15, 0.2) is 0 Å². The zero-order valence-electron chi connectivity index (χ0n) is 49.0. The molecule has 71 heavy (non-hydrogen) atoms. The van der Waals surface area contributed by atoms with Gasteiger partial charge in [-0.1, -0.05) is 324 Å². The van der Waals surface area contributed by atoms with E-state index >= 15 is 0 Å². The number of hydrogen-bond donors (Lipinski definition) is 0. The Hall–Kier alpha value is -1.59. The minimum atomic E-state index is -0.765. The first kappa shape index (κ1) is 69.4. The van der Waals surface area contributed by atoms with Crippen LogP contribution in [-0.4, -0.2) is 37.2 Å². The molecular formula is C65H126O6. The number of rotatable bonds is 58. The fraction of sp³-hybridized carbons (Fsp3) is 0.954. The summed E-state index contributed by atoms with van der Waals surface area (Å²) >= 11 is 0. The molecule has 0 aliphatic carbocycles. The van der Waals surface area contributed by atoms with E-state index in [1.54, 1.807) is 0 Å². The lowest BCUT2D eigenvalue weighted by Gasteiger charge is -2.18. The van der Waals surface area contributed by atoms with Gasteiger partial charge < -0.3 is 14.2 Å². The normalized spacial score (nSPS) is 12.9. The van der Waals surface area contributed by atoms with E-state index in [1.165, 1.54) is 244 Å². The molecule has 0 heterocycles. The van der Waals surface area contributed by atoms with Crippen molar-refractivity contribution >= 4 is 17.9 Å². The predicted octanol–water partition coefficient (Wildman–Crippen LogP) is 21.5. The fourth-order valence-electron chi connectivity index (χ4n) is 10.00. The third-order valence-corrected chi connectivity index (χ3v) is 15.6. The van der Waals surface area contributed by atoms with Gasteiger partial charge in [0.1, 0.15) is 13.2 Å². The second kappa shape index (κ2) is 56.1. The molecule has 0 amide bonds. The molecule has 0 aromatic rings. The van der Waals surface area contributed by atoms with Gasteiger partial charge in [-0.25, -0.2) is 0 Å². The Labute approximate surface area is 444 Å². The second-order valence-corrected chi connectivity index (χ2v) is 23.4. The summed E-state index contributed by atoms with van der Waals surface area (Å²) < 4.78 is 16.9. The molecule has 0 aliphatic heterocycles. The van der Waals surface area contributed by atoms with Crippen LogP contribution in [0.5, 0.6) is 0 Å². The molecule has 0 radical (unpaired) electrons. The fourth-order valence-corrected chi connectivity index (χ4v) is 10.00. The maximum atomic E-state index is 12.9. The van der Waals surface area contributed by atoms with Crippen LogP contribution in [0.25, 0.3) is 0 Å². The molecule has 0 fully saturated rings. The first-order valence-electron chi connectivity index (χ1n) is 32.2. The van der Waals surface area contributed by atoms with Crippen LogP contribution in [0.1, 0.15) is 363 Å².